The lowest BCUT2D eigenvalue weighted by molar-refractivity contribution is -0.118. The maximum Gasteiger partial charge on any atom is 0.408 e. The SMILES string of the molecule is CC(C)(C)N(CC(=O)Nc1ccc(F)c(F)c1N)C(=O)O. The van der Waals surface area contributed by atoms with Crippen LogP contribution in [0.2, 0.25) is 0 Å². The minimum atomic E-state index is -1.27. The molecule has 0 unspecified atom stereocenters. The Morgan fingerprint density at radius 1 is 1.33 bits per heavy atom. The Hall–Kier alpha value is -2.38. The maximum absolute atomic E-state index is 13.3. The van der Waals surface area contributed by atoms with E-state index in [1.165, 1.54) is 0 Å². The predicted molar refractivity (Wildman–Crippen MR) is 73.9 cm³/mol. The molecule has 0 fully saturated rings. The van der Waals surface area contributed by atoms with E-state index >= 15 is 0 Å². The van der Waals surface area contributed by atoms with Gasteiger partial charge in [-0.25, -0.2) is 13.6 Å². The zero-order valence-corrected chi connectivity index (χ0v) is 11.9. The van der Waals surface area contributed by atoms with Crippen molar-refractivity contribution >= 4 is 23.4 Å². The van der Waals surface area contributed by atoms with Gasteiger partial charge in [-0.05, 0) is 32.9 Å². The van der Waals surface area contributed by atoms with Gasteiger partial charge < -0.3 is 16.2 Å². The van der Waals surface area contributed by atoms with E-state index in [0.717, 1.165) is 17.0 Å². The highest BCUT2D eigenvalue weighted by molar-refractivity contribution is 5.96. The van der Waals surface area contributed by atoms with Crippen molar-refractivity contribution < 1.29 is 23.5 Å². The molecule has 0 heterocycles. The largest absolute Gasteiger partial charge is 0.465 e. The van der Waals surface area contributed by atoms with Crippen molar-refractivity contribution in [2.24, 2.45) is 0 Å². The van der Waals surface area contributed by atoms with Crippen molar-refractivity contribution in [1.29, 1.82) is 0 Å². The van der Waals surface area contributed by atoms with Crippen LogP contribution in [0.5, 0.6) is 0 Å². The summed E-state index contributed by atoms with van der Waals surface area (Å²) in [6, 6.07) is 1.92. The number of carbonyl (C=O) groups excluding carboxylic acids is 1. The third-order valence-corrected chi connectivity index (χ3v) is 2.75. The Labute approximate surface area is 120 Å². The second-order valence-electron chi connectivity index (χ2n) is 5.41. The zero-order valence-electron chi connectivity index (χ0n) is 11.9. The molecule has 1 aromatic rings. The first-order chi connectivity index (χ1) is 9.54. The number of nitrogens with two attached hydrogens (primary N) is 1. The van der Waals surface area contributed by atoms with E-state index in [1.807, 2.05) is 0 Å². The van der Waals surface area contributed by atoms with Crippen LogP contribution in [-0.4, -0.2) is 34.1 Å². The molecule has 0 aliphatic heterocycles. The van der Waals surface area contributed by atoms with E-state index in [1.54, 1.807) is 20.8 Å². The molecule has 0 aromatic heterocycles. The molecular formula is C13H17F2N3O3. The number of benzene rings is 1. The molecule has 21 heavy (non-hydrogen) atoms. The third kappa shape index (κ3) is 4.04. The van der Waals surface area contributed by atoms with Crippen molar-refractivity contribution in [3.8, 4) is 0 Å². The van der Waals surface area contributed by atoms with Gasteiger partial charge >= 0.3 is 6.09 Å². The molecule has 0 spiro atoms. The molecule has 0 aliphatic rings. The molecule has 0 saturated heterocycles. The Morgan fingerprint density at radius 3 is 2.38 bits per heavy atom. The summed E-state index contributed by atoms with van der Waals surface area (Å²) in [7, 11) is 0. The molecule has 1 rings (SSSR count). The lowest BCUT2D eigenvalue weighted by Gasteiger charge is -2.32. The van der Waals surface area contributed by atoms with Crippen LogP contribution in [0.15, 0.2) is 12.1 Å². The van der Waals surface area contributed by atoms with Crippen LogP contribution in [0.4, 0.5) is 25.0 Å². The van der Waals surface area contributed by atoms with Crippen molar-refractivity contribution in [2.75, 3.05) is 17.6 Å². The average Bonchev–Trinajstić information content (AvgIpc) is 2.35. The second-order valence-corrected chi connectivity index (χ2v) is 5.41. The van der Waals surface area contributed by atoms with Crippen LogP contribution in [0, 0.1) is 11.6 Å². The lowest BCUT2D eigenvalue weighted by atomic mass is 10.1. The van der Waals surface area contributed by atoms with E-state index in [0.29, 0.717) is 0 Å². The van der Waals surface area contributed by atoms with Gasteiger partial charge in [-0.1, -0.05) is 0 Å². The molecule has 0 atom stereocenters. The molecule has 0 saturated carbocycles. The summed E-state index contributed by atoms with van der Waals surface area (Å²) < 4.78 is 26.2. The number of rotatable bonds is 3. The number of hydrogen-bond acceptors (Lipinski definition) is 3. The van der Waals surface area contributed by atoms with Crippen LogP contribution in [0.1, 0.15) is 20.8 Å². The molecule has 0 aliphatic carbocycles. The zero-order chi connectivity index (χ0) is 16.4. The quantitative estimate of drug-likeness (QED) is 0.746. The smallest absolute Gasteiger partial charge is 0.408 e. The number of carbonyl (C=O) groups is 2. The van der Waals surface area contributed by atoms with Gasteiger partial charge in [0.15, 0.2) is 11.6 Å². The third-order valence-electron chi connectivity index (χ3n) is 2.75. The van der Waals surface area contributed by atoms with Gasteiger partial charge in [0.05, 0.1) is 11.4 Å². The Bertz CT molecular complexity index is 571. The Morgan fingerprint density at radius 2 is 1.90 bits per heavy atom. The van der Waals surface area contributed by atoms with Gasteiger partial charge in [0, 0.05) is 5.54 Å². The number of nitrogens with zero attached hydrogens (tertiary/aromatic N) is 1. The van der Waals surface area contributed by atoms with Crippen LogP contribution < -0.4 is 11.1 Å². The molecule has 6 nitrogen and oxygen atoms in total. The van der Waals surface area contributed by atoms with Crippen LogP contribution in [0.25, 0.3) is 0 Å². The molecule has 0 radical (unpaired) electrons. The maximum atomic E-state index is 13.3. The number of nitrogen functional groups attached to an aromatic ring is 1. The normalized spacial score (nSPS) is 11.1. The van der Waals surface area contributed by atoms with E-state index in [4.69, 9.17) is 10.8 Å². The second kappa shape index (κ2) is 5.94. The fraction of sp³-hybridized carbons (Fsp3) is 0.385. The van der Waals surface area contributed by atoms with E-state index < -0.39 is 41.4 Å². The summed E-state index contributed by atoms with van der Waals surface area (Å²) in [5, 5.41) is 11.3. The molecule has 116 valence electrons. The average molecular weight is 301 g/mol. The summed E-state index contributed by atoms with van der Waals surface area (Å²) in [6.07, 6.45) is -1.27. The van der Waals surface area contributed by atoms with Gasteiger partial charge in [-0.2, -0.15) is 0 Å². The minimum absolute atomic E-state index is 0.113. The monoisotopic (exact) mass is 301 g/mol. The summed E-state index contributed by atoms with van der Waals surface area (Å²) in [5.41, 5.74) is 3.91. The predicted octanol–water partition coefficient (Wildman–Crippen LogP) is 2.26. The fourth-order valence-corrected chi connectivity index (χ4v) is 1.60. The highest BCUT2D eigenvalue weighted by atomic mass is 19.2. The van der Waals surface area contributed by atoms with Crippen molar-refractivity contribution in [3.05, 3.63) is 23.8 Å². The number of carboxylic acid groups (broad SMARTS) is 1. The number of halogens is 2. The van der Waals surface area contributed by atoms with E-state index in [9.17, 15) is 18.4 Å². The Balaban J connectivity index is 2.87. The molecule has 0 bridgehead atoms. The highest BCUT2D eigenvalue weighted by Crippen LogP contribution is 2.24. The highest BCUT2D eigenvalue weighted by Gasteiger charge is 2.28. The first-order valence-corrected chi connectivity index (χ1v) is 6.08. The standard InChI is InChI=1S/C13H17F2N3O3/c1-13(2,3)18(12(20)21)6-9(19)17-8-5-4-7(14)10(15)11(8)16/h4-5H,6,16H2,1-3H3,(H,17,19)(H,20,21). The molecular weight excluding hydrogens is 284 g/mol. The van der Waals surface area contributed by atoms with Crippen molar-refractivity contribution in [2.45, 2.75) is 26.3 Å². The summed E-state index contributed by atoms with van der Waals surface area (Å²) in [5.74, 6) is -3.10. The minimum Gasteiger partial charge on any atom is -0.465 e. The first-order valence-electron chi connectivity index (χ1n) is 6.08. The molecule has 8 heteroatoms. The van der Waals surface area contributed by atoms with Gasteiger partial charge in [-0.3, -0.25) is 9.69 Å². The van der Waals surface area contributed by atoms with Gasteiger partial charge in [0.2, 0.25) is 5.91 Å². The fourth-order valence-electron chi connectivity index (χ4n) is 1.60. The van der Waals surface area contributed by atoms with Crippen LogP contribution in [-0.2, 0) is 4.79 Å². The van der Waals surface area contributed by atoms with Crippen molar-refractivity contribution in [1.82, 2.24) is 4.90 Å². The number of hydrogen-bond donors (Lipinski definition) is 3. The van der Waals surface area contributed by atoms with Crippen LogP contribution in [0.3, 0.4) is 0 Å². The van der Waals surface area contributed by atoms with E-state index in [-0.39, 0.29) is 5.69 Å². The van der Waals surface area contributed by atoms with Gasteiger partial charge in [0.1, 0.15) is 6.54 Å². The lowest BCUT2D eigenvalue weighted by Crippen LogP contribution is -2.48. The number of anilines is 2. The molecule has 2 amide bonds. The topological polar surface area (TPSA) is 95.7 Å². The first kappa shape index (κ1) is 16.7. The summed E-state index contributed by atoms with van der Waals surface area (Å²) in [6.45, 7) is 4.41. The molecule has 1 aromatic carbocycles. The van der Waals surface area contributed by atoms with E-state index in [2.05, 4.69) is 5.32 Å². The van der Waals surface area contributed by atoms with Crippen LogP contribution >= 0.6 is 0 Å². The Kier molecular flexibility index (Phi) is 4.72. The van der Waals surface area contributed by atoms with Gasteiger partial charge in [-0.15, -0.1) is 0 Å². The summed E-state index contributed by atoms with van der Waals surface area (Å²) >= 11 is 0. The molecule has 4 N–H and O–H groups in total. The van der Waals surface area contributed by atoms with Crippen molar-refractivity contribution in [3.63, 3.8) is 0 Å². The number of nitrogens with one attached hydrogen (secondary N) is 1. The van der Waals surface area contributed by atoms with Gasteiger partial charge in [0.25, 0.3) is 0 Å². The summed E-state index contributed by atoms with van der Waals surface area (Å²) in [4.78, 5) is 23.9. The number of amides is 2.